The second-order valence-corrected chi connectivity index (χ2v) is 5.34. The summed E-state index contributed by atoms with van der Waals surface area (Å²) in [7, 11) is 0. The molecule has 2 rings (SSSR count). The number of amides is 1. The van der Waals surface area contributed by atoms with Crippen LogP contribution in [-0.4, -0.2) is 38.6 Å². The Morgan fingerprint density at radius 1 is 1.62 bits per heavy atom. The number of nitrogens with zero attached hydrogens (tertiary/aromatic N) is 3. The normalized spacial score (nSPS) is 14.9. The fraction of sp³-hybridized carbons (Fsp3) is 0.500. The Morgan fingerprint density at radius 2 is 2.50 bits per heavy atom. The highest BCUT2D eigenvalue weighted by molar-refractivity contribution is 8.39. The van der Waals surface area contributed by atoms with Crippen LogP contribution < -0.4 is 5.32 Å². The minimum atomic E-state index is -0.126. The average molecular weight is 258 g/mol. The summed E-state index contributed by atoms with van der Waals surface area (Å²) in [6.07, 6.45) is 0. The van der Waals surface area contributed by atoms with Crippen molar-refractivity contribution in [1.82, 2.24) is 10.3 Å². The molecular formula is C8H10N4O2S2. The number of aliphatic imine (C=N–C) groups is 1. The summed E-state index contributed by atoms with van der Waals surface area (Å²) in [5.41, 5.74) is 0.575. The molecule has 8 heteroatoms. The summed E-state index contributed by atoms with van der Waals surface area (Å²) in [5.74, 6) is 1.60. The summed E-state index contributed by atoms with van der Waals surface area (Å²) in [6.45, 7) is 2.57. The SMILES string of the molecule is Cc1nonc1NC(=O)CSC1=NCCS1. The molecule has 1 aliphatic rings. The highest BCUT2D eigenvalue weighted by atomic mass is 32.2. The molecule has 0 aromatic carbocycles. The van der Waals surface area contributed by atoms with Crippen molar-refractivity contribution in [3.8, 4) is 0 Å². The maximum atomic E-state index is 11.5. The third kappa shape index (κ3) is 2.99. The van der Waals surface area contributed by atoms with Gasteiger partial charge in [-0.1, -0.05) is 28.7 Å². The highest BCUT2D eigenvalue weighted by Gasteiger charge is 2.13. The van der Waals surface area contributed by atoms with Crippen LogP contribution in [0, 0.1) is 6.92 Å². The van der Waals surface area contributed by atoms with E-state index in [-0.39, 0.29) is 5.91 Å². The summed E-state index contributed by atoms with van der Waals surface area (Å²) >= 11 is 3.12. The van der Waals surface area contributed by atoms with E-state index in [1.54, 1.807) is 18.7 Å². The van der Waals surface area contributed by atoms with E-state index in [1.807, 2.05) is 0 Å². The van der Waals surface area contributed by atoms with E-state index in [2.05, 4.69) is 25.3 Å². The minimum absolute atomic E-state index is 0.126. The number of carbonyl (C=O) groups excluding carboxylic acids is 1. The van der Waals surface area contributed by atoms with Gasteiger partial charge in [0, 0.05) is 5.75 Å². The lowest BCUT2D eigenvalue weighted by atomic mass is 10.5. The van der Waals surface area contributed by atoms with Crippen LogP contribution in [-0.2, 0) is 4.79 Å². The van der Waals surface area contributed by atoms with Crippen molar-refractivity contribution in [3.05, 3.63) is 5.69 Å². The first-order chi connectivity index (χ1) is 7.75. The standard InChI is InChI=1S/C8H10N4O2S2/c1-5-7(12-14-11-5)10-6(13)4-16-8-9-2-3-15-8/h2-4H2,1H3,(H,10,12,13). The maximum absolute atomic E-state index is 11.5. The number of anilines is 1. The molecule has 0 fully saturated rings. The van der Waals surface area contributed by atoms with Crippen LogP contribution in [0.4, 0.5) is 5.82 Å². The van der Waals surface area contributed by atoms with Crippen molar-refractivity contribution in [1.29, 1.82) is 0 Å². The first kappa shape index (κ1) is 11.5. The monoisotopic (exact) mass is 258 g/mol. The number of carbonyl (C=O) groups is 1. The molecule has 1 N–H and O–H groups in total. The van der Waals surface area contributed by atoms with Gasteiger partial charge in [-0.05, 0) is 12.1 Å². The van der Waals surface area contributed by atoms with Crippen LogP contribution in [0.15, 0.2) is 9.62 Å². The third-order valence-electron chi connectivity index (χ3n) is 1.79. The van der Waals surface area contributed by atoms with Gasteiger partial charge in [-0.2, -0.15) is 0 Å². The van der Waals surface area contributed by atoms with Crippen molar-refractivity contribution in [2.45, 2.75) is 6.92 Å². The van der Waals surface area contributed by atoms with Crippen molar-refractivity contribution < 1.29 is 9.42 Å². The molecule has 0 bridgehead atoms. The predicted molar refractivity (Wildman–Crippen MR) is 64.9 cm³/mol. The van der Waals surface area contributed by atoms with Crippen LogP contribution in [0.5, 0.6) is 0 Å². The average Bonchev–Trinajstić information content (AvgIpc) is 2.88. The minimum Gasteiger partial charge on any atom is -0.306 e. The zero-order chi connectivity index (χ0) is 11.4. The molecule has 0 aliphatic carbocycles. The van der Waals surface area contributed by atoms with E-state index in [9.17, 15) is 4.79 Å². The van der Waals surface area contributed by atoms with Gasteiger partial charge in [-0.3, -0.25) is 9.79 Å². The van der Waals surface area contributed by atoms with Gasteiger partial charge in [0.05, 0.1) is 12.3 Å². The molecule has 16 heavy (non-hydrogen) atoms. The van der Waals surface area contributed by atoms with Crippen molar-refractivity contribution in [3.63, 3.8) is 0 Å². The summed E-state index contributed by atoms with van der Waals surface area (Å²) in [5, 5.41) is 9.77. The second-order valence-electron chi connectivity index (χ2n) is 3.03. The topological polar surface area (TPSA) is 80.4 Å². The maximum Gasteiger partial charge on any atom is 0.236 e. The fourth-order valence-corrected chi connectivity index (χ4v) is 2.85. The molecule has 1 aromatic rings. The zero-order valence-corrected chi connectivity index (χ0v) is 10.2. The molecule has 2 heterocycles. The number of hydrogen-bond acceptors (Lipinski definition) is 7. The lowest BCUT2D eigenvalue weighted by molar-refractivity contribution is -0.113. The number of aromatic nitrogens is 2. The summed E-state index contributed by atoms with van der Waals surface area (Å²) in [6, 6.07) is 0. The van der Waals surface area contributed by atoms with Gasteiger partial charge in [-0.25, -0.2) is 4.63 Å². The molecule has 0 saturated carbocycles. The number of thioether (sulfide) groups is 2. The van der Waals surface area contributed by atoms with Crippen LogP contribution in [0.3, 0.4) is 0 Å². The Balaban J connectivity index is 1.78. The van der Waals surface area contributed by atoms with E-state index < -0.39 is 0 Å². The van der Waals surface area contributed by atoms with E-state index in [4.69, 9.17) is 0 Å². The molecule has 0 unspecified atom stereocenters. The Hall–Kier alpha value is -1.02. The molecule has 1 aliphatic heterocycles. The highest BCUT2D eigenvalue weighted by Crippen LogP contribution is 2.22. The summed E-state index contributed by atoms with van der Waals surface area (Å²) < 4.78 is 5.45. The first-order valence-electron chi connectivity index (χ1n) is 4.65. The molecule has 0 spiro atoms. The lowest BCUT2D eigenvalue weighted by Crippen LogP contribution is -2.15. The molecule has 0 atom stereocenters. The van der Waals surface area contributed by atoms with Crippen molar-refractivity contribution >= 4 is 39.6 Å². The molecule has 6 nitrogen and oxygen atoms in total. The molecule has 0 radical (unpaired) electrons. The lowest BCUT2D eigenvalue weighted by Gasteiger charge is -2.00. The van der Waals surface area contributed by atoms with Gasteiger partial charge in [0.15, 0.2) is 5.82 Å². The molecule has 1 aromatic heterocycles. The Bertz CT molecular complexity index is 418. The van der Waals surface area contributed by atoms with E-state index in [0.717, 1.165) is 16.7 Å². The van der Waals surface area contributed by atoms with E-state index in [0.29, 0.717) is 17.3 Å². The van der Waals surface area contributed by atoms with E-state index >= 15 is 0 Å². The van der Waals surface area contributed by atoms with Gasteiger partial charge in [0.1, 0.15) is 10.1 Å². The van der Waals surface area contributed by atoms with Crippen LogP contribution in [0.2, 0.25) is 0 Å². The Morgan fingerprint density at radius 3 is 3.12 bits per heavy atom. The first-order valence-corrected chi connectivity index (χ1v) is 6.62. The third-order valence-corrected chi connectivity index (χ3v) is 4.05. The fourth-order valence-electron chi connectivity index (χ4n) is 1.04. The quantitative estimate of drug-likeness (QED) is 0.876. The Kier molecular flexibility index (Phi) is 3.83. The summed E-state index contributed by atoms with van der Waals surface area (Å²) in [4.78, 5) is 15.8. The van der Waals surface area contributed by atoms with Crippen LogP contribution in [0.25, 0.3) is 0 Å². The van der Waals surface area contributed by atoms with Crippen molar-refractivity contribution in [2.75, 3.05) is 23.4 Å². The number of hydrogen-bond donors (Lipinski definition) is 1. The Labute approximate surface area is 101 Å². The van der Waals surface area contributed by atoms with Gasteiger partial charge in [0.2, 0.25) is 5.91 Å². The number of rotatable bonds is 3. The van der Waals surface area contributed by atoms with Gasteiger partial charge in [-0.15, -0.1) is 0 Å². The molecule has 1 amide bonds. The number of nitrogens with one attached hydrogen (secondary N) is 1. The smallest absolute Gasteiger partial charge is 0.236 e. The molecular weight excluding hydrogens is 248 g/mol. The number of aryl methyl sites for hydroxylation is 1. The second kappa shape index (κ2) is 5.35. The van der Waals surface area contributed by atoms with E-state index in [1.165, 1.54) is 11.8 Å². The van der Waals surface area contributed by atoms with Gasteiger partial charge < -0.3 is 5.32 Å². The van der Waals surface area contributed by atoms with Gasteiger partial charge >= 0.3 is 0 Å². The largest absolute Gasteiger partial charge is 0.306 e. The zero-order valence-electron chi connectivity index (χ0n) is 8.60. The van der Waals surface area contributed by atoms with Crippen molar-refractivity contribution in [2.24, 2.45) is 4.99 Å². The van der Waals surface area contributed by atoms with Gasteiger partial charge in [0.25, 0.3) is 0 Å². The molecule has 86 valence electrons. The van der Waals surface area contributed by atoms with Crippen LogP contribution >= 0.6 is 23.5 Å². The molecule has 0 saturated heterocycles. The van der Waals surface area contributed by atoms with Crippen LogP contribution in [0.1, 0.15) is 5.69 Å². The predicted octanol–water partition coefficient (Wildman–Crippen LogP) is 1.15.